The number of hydrogen-bond acceptors (Lipinski definition) is 2. The van der Waals surface area contributed by atoms with E-state index in [2.05, 4.69) is 259 Å². The molecule has 0 bridgehead atoms. The fraction of sp³-hybridized carbons (Fsp3) is 0.0328. The number of pyridine rings is 1. The molecule has 0 fully saturated rings. The van der Waals surface area contributed by atoms with Crippen LogP contribution in [0.5, 0.6) is 0 Å². The average Bonchev–Trinajstić information content (AvgIpc) is 3.70. The van der Waals surface area contributed by atoms with Gasteiger partial charge < -0.3 is 4.57 Å². The van der Waals surface area contributed by atoms with E-state index in [1.807, 2.05) is 0 Å². The van der Waals surface area contributed by atoms with Gasteiger partial charge in [0, 0.05) is 22.0 Å². The SMILES string of the molecule is Cc1ccc(-n2c3ccccc3c3cc(-c4ccc5c(c4)N(c4cc(-c6ccccc6)cc(-c6ccccc6)n4)c4ccccc4C5(c4ccccc4)c4ccccc4)ccc32)cc1. The third-order valence-electron chi connectivity index (χ3n) is 13.1. The van der Waals surface area contributed by atoms with E-state index in [0.29, 0.717) is 0 Å². The van der Waals surface area contributed by atoms with Crippen LogP contribution in [0.1, 0.15) is 27.8 Å². The molecule has 0 N–H and O–H groups in total. The van der Waals surface area contributed by atoms with Gasteiger partial charge in [0.2, 0.25) is 0 Å². The first kappa shape index (κ1) is 37.5. The first-order valence-corrected chi connectivity index (χ1v) is 22.0. The molecule has 0 aliphatic carbocycles. The molecule has 11 aromatic rings. The zero-order valence-corrected chi connectivity index (χ0v) is 35.4. The molecule has 302 valence electrons. The molecule has 3 heteroatoms. The molecular formula is C61H43N3. The van der Waals surface area contributed by atoms with Crippen molar-refractivity contribution in [3.8, 4) is 39.2 Å². The van der Waals surface area contributed by atoms with E-state index in [1.54, 1.807) is 0 Å². The minimum Gasteiger partial charge on any atom is -0.309 e. The lowest BCUT2D eigenvalue weighted by Crippen LogP contribution is -2.38. The lowest BCUT2D eigenvalue weighted by atomic mass is 9.62. The topological polar surface area (TPSA) is 21.1 Å². The van der Waals surface area contributed by atoms with Gasteiger partial charge in [0.1, 0.15) is 5.82 Å². The Morgan fingerprint density at radius 2 is 0.938 bits per heavy atom. The van der Waals surface area contributed by atoms with Crippen LogP contribution in [-0.2, 0) is 5.41 Å². The average molecular weight is 818 g/mol. The second-order valence-corrected chi connectivity index (χ2v) is 16.8. The summed E-state index contributed by atoms with van der Waals surface area (Å²) < 4.78 is 2.39. The molecule has 0 unspecified atom stereocenters. The van der Waals surface area contributed by atoms with Crippen LogP contribution in [-0.4, -0.2) is 9.55 Å². The van der Waals surface area contributed by atoms with Gasteiger partial charge in [0.05, 0.1) is 33.5 Å². The Morgan fingerprint density at radius 3 is 1.66 bits per heavy atom. The molecule has 1 aliphatic heterocycles. The number of aryl methyl sites for hydroxylation is 1. The molecule has 3 nitrogen and oxygen atoms in total. The van der Waals surface area contributed by atoms with E-state index < -0.39 is 5.41 Å². The molecule has 12 rings (SSSR count). The second kappa shape index (κ2) is 15.3. The number of aromatic nitrogens is 2. The first-order valence-electron chi connectivity index (χ1n) is 22.0. The van der Waals surface area contributed by atoms with E-state index in [0.717, 1.165) is 56.4 Å². The van der Waals surface area contributed by atoms with Crippen molar-refractivity contribution in [1.29, 1.82) is 0 Å². The van der Waals surface area contributed by atoms with Crippen LogP contribution >= 0.6 is 0 Å². The fourth-order valence-electron chi connectivity index (χ4n) is 10.2. The zero-order valence-electron chi connectivity index (χ0n) is 35.4. The van der Waals surface area contributed by atoms with Crippen molar-refractivity contribution < 1.29 is 0 Å². The van der Waals surface area contributed by atoms with E-state index in [-0.39, 0.29) is 0 Å². The van der Waals surface area contributed by atoms with E-state index in [9.17, 15) is 0 Å². The highest BCUT2D eigenvalue weighted by Crippen LogP contribution is 2.58. The molecule has 0 saturated heterocycles. The Hall–Kier alpha value is -8.27. The molecule has 1 aliphatic rings. The largest absolute Gasteiger partial charge is 0.309 e. The number of anilines is 3. The molecule has 0 spiro atoms. The minimum absolute atomic E-state index is 0.631. The highest BCUT2D eigenvalue weighted by Gasteiger charge is 2.46. The lowest BCUT2D eigenvalue weighted by molar-refractivity contribution is 0.730. The maximum absolute atomic E-state index is 5.58. The van der Waals surface area contributed by atoms with Crippen LogP contribution in [0.15, 0.2) is 243 Å². The Kier molecular flexibility index (Phi) is 8.94. The van der Waals surface area contributed by atoms with Crippen molar-refractivity contribution in [2.24, 2.45) is 0 Å². The highest BCUT2D eigenvalue weighted by atomic mass is 15.2. The summed E-state index contributed by atoms with van der Waals surface area (Å²) in [5, 5.41) is 2.46. The predicted molar refractivity (Wildman–Crippen MR) is 266 cm³/mol. The van der Waals surface area contributed by atoms with E-state index in [4.69, 9.17) is 4.98 Å². The van der Waals surface area contributed by atoms with Gasteiger partial charge in [-0.05, 0) is 106 Å². The molecular weight excluding hydrogens is 775 g/mol. The van der Waals surface area contributed by atoms with Gasteiger partial charge >= 0.3 is 0 Å². The molecule has 0 amide bonds. The smallest absolute Gasteiger partial charge is 0.138 e. The second-order valence-electron chi connectivity index (χ2n) is 16.8. The van der Waals surface area contributed by atoms with Gasteiger partial charge in [-0.1, -0.05) is 194 Å². The third kappa shape index (κ3) is 6.00. The van der Waals surface area contributed by atoms with Crippen molar-refractivity contribution in [1.82, 2.24) is 9.55 Å². The fourth-order valence-corrected chi connectivity index (χ4v) is 10.2. The summed E-state index contributed by atoms with van der Waals surface area (Å²) in [5.41, 5.74) is 17.7. The third-order valence-corrected chi connectivity index (χ3v) is 13.1. The van der Waals surface area contributed by atoms with Gasteiger partial charge in [-0.2, -0.15) is 0 Å². The Bertz CT molecular complexity index is 3390. The number of fused-ring (bicyclic) bond motifs is 5. The summed E-state index contributed by atoms with van der Waals surface area (Å²) in [4.78, 5) is 8.00. The zero-order chi connectivity index (χ0) is 42.6. The summed E-state index contributed by atoms with van der Waals surface area (Å²) in [6.45, 7) is 2.14. The maximum Gasteiger partial charge on any atom is 0.138 e. The summed E-state index contributed by atoms with van der Waals surface area (Å²) in [5.74, 6) is 0.859. The van der Waals surface area contributed by atoms with Crippen LogP contribution in [0.3, 0.4) is 0 Å². The molecule has 2 aromatic heterocycles. The number of nitrogens with zero attached hydrogens (tertiary/aromatic N) is 3. The summed E-state index contributed by atoms with van der Waals surface area (Å²) >= 11 is 0. The Balaban J connectivity index is 1.15. The molecule has 64 heavy (non-hydrogen) atoms. The lowest BCUT2D eigenvalue weighted by Gasteiger charge is -2.46. The van der Waals surface area contributed by atoms with E-state index >= 15 is 0 Å². The number of benzene rings is 9. The van der Waals surface area contributed by atoms with Gasteiger partial charge in [0.15, 0.2) is 0 Å². The highest BCUT2D eigenvalue weighted by molar-refractivity contribution is 6.10. The molecule has 9 aromatic carbocycles. The predicted octanol–water partition coefficient (Wildman–Crippen LogP) is 15.7. The summed E-state index contributed by atoms with van der Waals surface area (Å²) in [6, 6.07) is 88.4. The van der Waals surface area contributed by atoms with Crippen LogP contribution in [0.4, 0.5) is 17.2 Å². The van der Waals surface area contributed by atoms with Crippen molar-refractivity contribution in [3.05, 3.63) is 270 Å². The van der Waals surface area contributed by atoms with Crippen LogP contribution < -0.4 is 4.90 Å². The number of para-hydroxylation sites is 2. The molecule has 0 saturated carbocycles. The standard InChI is InChI=1S/C61H43N3/c1-42-30-34-50(35-31-42)63-56-28-16-14-26-51(56)52-38-45(33-37-57(52)63)46-32-36-54-59(40-46)64(60-41-47(43-18-6-2-7-19-43)39-55(62-60)44-20-8-3-9-21-44)58-29-17-15-27-53(58)61(54,48-22-10-4-11-23-48)49-24-12-5-13-25-49/h2-41H,1H3. The Labute approximate surface area is 373 Å². The van der Waals surface area contributed by atoms with Gasteiger partial charge in [-0.15, -0.1) is 0 Å². The molecule has 0 atom stereocenters. The van der Waals surface area contributed by atoms with Crippen molar-refractivity contribution in [2.75, 3.05) is 4.90 Å². The number of rotatable bonds is 7. The molecule has 0 radical (unpaired) electrons. The number of hydrogen-bond donors (Lipinski definition) is 0. The van der Waals surface area contributed by atoms with Crippen molar-refractivity contribution >= 4 is 39.0 Å². The van der Waals surface area contributed by atoms with E-state index in [1.165, 1.54) is 49.6 Å². The normalized spacial score (nSPS) is 12.9. The van der Waals surface area contributed by atoms with Gasteiger partial charge in [-0.3, -0.25) is 4.90 Å². The summed E-state index contributed by atoms with van der Waals surface area (Å²) in [7, 11) is 0. The summed E-state index contributed by atoms with van der Waals surface area (Å²) in [6.07, 6.45) is 0. The van der Waals surface area contributed by atoms with Crippen LogP contribution in [0.25, 0.3) is 61.0 Å². The van der Waals surface area contributed by atoms with Crippen LogP contribution in [0, 0.1) is 6.92 Å². The maximum atomic E-state index is 5.58. The van der Waals surface area contributed by atoms with Crippen molar-refractivity contribution in [2.45, 2.75) is 12.3 Å². The monoisotopic (exact) mass is 817 g/mol. The Morgan fingerprint density at radius 1 is 0.375 bits per heavy atom. The minimum atomic E-state index is -0.631. The molecule has 3 heterocycles. The quantitative estimate of drug-likeness (QED) is 0.160. The van der Waals surface area contributed by atoms with Crippen LogP contribution in [0.2, 0.25) is 0 Å². The van der Waals surface area contributed by atoms with Gasteiger partial charge in [0.25, 0.3) is 0 Å². The van der Waals surface area contributed by atoms with Gasteiger partial charge in [-0.25, -0.2) is 4.98 Å². The van der Waals surface area contributed by atoms with Crippen molar-refractivity contribution in [3.63, 3.8) is 0 Å². The first-order chi connectivity index (χ1) is 31.6.